The highest BCUT2D eigenvalue weighted by molar-refractivity contribution is 5.68. The van der Waals surface area contributed by atoms with E-state index in [0.717, 1.165) is 19.4 Å². The zero-order valence-electron chi connectivity index (χ0n) is 16.4. The predicted molar refractivity (Wildman–Crippen MR) is 99.4 cm³/mol. The monoisotopic (exact) mass is 403 g/mol. The van der Waals surface area contributed by atoms with Crippen LogP contribution in [0.25, 0.3) is 0 Å². The summed E-state index contributed by atoms with van der Waals surface area (Å²) in [5, 5.41) is 2.86. The van der Waals surface area contributed by atoms with Crippen molar-refractivity contribution in [3.63, 3.8) is 0 Å². The molecule has 1 aromatic rings. The van der Waals surface area contributed by atoms with Crippen molar-refractivity contribution >= 4 is 11.8 Å². The van der Waals surface area contributed by atoms with Gasteiger partial charge in [-0.25, -0.2) is 4.79 Å². The van der Waals surface area contributed by atoms with E-state index in [1.54, 1.807) is 39.0 Å². The van der Waals surface area contributed by atoms with Crippen molar-refractivity contribution in [2.75, 3.05) is 18.8 Å². The summed E-state index contributed by atoms with van der Waals surface area (Å²) >= 11 is 0. The van der Waals surface area contributed by atoms with Crippen molar-refractivity contribution in [1.29, 1.82) is 0 Å². The third-order valence-electron chi connectivity index (χ3n) is 4.24. The fourth-order valence-corrected chi connectivity index (χ4v) is 3.13. The minimum Gasteiger partial charge on any atom is -0.444 e. The van der Waals surface area contributed by atoms with Gasteiger partial charge in [-0.1, -0.05) is 6.07 Å². The molecule has 0 aromatic heterocycles. The van der Waals surface area contributed by atoms with Gasteiger partial charge < -0.3 is 15.8 Å². The van der Waals surface area contributed by atoms with Crippen LogP contribution in [0, 0.1) is 0 Å². The Morgan fingerprint density at radius 3 is 2.64 bits per heavy atom. The van der Waals surface area contributed by atoms with Crippen LogP contribution in [0.15, 0.2) is 18.2 Å². The summed E-state index contributed by atoms with van der Waals surface area (Å²) < 4.78 is 46.4. The molecule has 1 amide bonds. The summed E-state index contributed by atoms with van der Waals surface area (Å²) in [6.45, 7) is 6.60. The first kappa shape index (κ1) is 22.3. The Balaban J connectivity index is 1.99. The van der Waals surface area contributed by atoms with Gasteiger partial charge >= 0.3 is 12.5 Å². The number of hydrogen-bond donors (Lipinski definition) is 2. The summed E-state index contributed by atoms with van der Waals surface area (Å²) in [7, 11) is 0. The number of hydrogen-bond acceptors (Lipinski definition) is 5. The molecular weight excluding hydrogens is 375 g/mol. The topological polar surface area (TPSA) is 76.8 Å². The molecule has 28 heavy (non-hydrogen) atoms. The minimum atomic E-state index is -4.69. The second-order valence-electron chi connectivity index (χ2n) is 7.98. The van der Waals surface area contributed by atoms with Crippen molar-refractivity contribution in [1.82, 2.24) is 10.2 Å². The fraction of sp³-hybridized carbons (Fsp3) is 0.632. The lowest BCUT2D eigenvalue weighted by Crippen LogP contribution is -2.48. The second kappa shape index (κ2) is 9.00. The fourth-order valence-electron chi connectivity index (χ4n) is 3.13. The van der Waals surface area contributed by atoms with Crippen molar-refractivity contribution in [3.8, 4) is 0 Å². The van der Waals surface area contributed by atoms with Gasteiger partial charge in [0.2, 0.25) is 0 Å². The van der Waals surface area contributed by atoms with Gasteiger partial charge in [0.05, 0.1) is 6.61 Å². The molecular formula is C19H28F3N3O3. The Morgan fingerprint density at radius 2 is 2.00 bits per heavy atom. The van der Waals surface area contributed by atoms with Crippen LogP contribution in [-0.4, -0.2) is 42.1 Å². The molecule has 1 aliphatic heterocycles. The van der Waals surface area contributed by atoms with E-state index in [4.69, 9.17) is 10.5 Å². The first-order chi connectivity index (χ1) is 12.9. The molecule has 0 bridgehead atoms. The standard InChI is InChI=1S/C19H28F3N3O3/c1-18(2,3)28-17(26)24-16-5-4-8-25(11-16)10-14-9-15(23)7-6-13(14)12-27-19(20,21)22/h6-7,9,16H,4-5,8,10-12,23H2,1-3H3,(H,24,26). The average molecular weight is 403 g/mol. The Kier molecular flexibility index (Phi) is 7.16. The number of nitrogens with zero attached hydrogens (tertiary/aromatic N) is 1. The summed E-state index contributed by atoms with van der Waals surface area (Å²) in [6, 6.07) is 4.69. The number of halogens is 3. The molecule has 0 spiro atoms. The normalized spacial score (nSPS) is 18.7. The Hall–Kier alpha value is -2.00. The highest BCUT2D eigenvalue weighted by Crippen LogP contribution is 2.23. The highest BCUT2D eigenvalue weighted by Gasteiger charge is 2.30. The molecule has 0 saturated carbocycles. The smallest absolute Gasteiger partial charge is 0.444 e. The number of piperidine rings is 1. The van der Waals surface area contributed by atoms with E-state index in [2.05, 4.69) is 15.0 Å². The largest absolute Gasteiger partial charge is 0.522 e. The van der Waals surface area contributed by atoms with Crippen LogP contribution in [0.5, 0.6) is 0 Å². The lowest BCUT2D eigenvalue weighted by molar-refractivity contribution is -0.330. The Morgan fingerprint density at radius 1 is 1.29 bits per heavy atom. The van der Waals surface area contributed by atoms with Crippen LogP contribution >= 0.6 is 0 Å². The number of ether oxygens (including phenoxy) is 2. The van der Waals surface area contributed by atoms with Crippen LogP contribution < -0.4 is 11.1 Å². The number of alkyl carbamates (subject to hydrolysis) is 1. The van der Waals surface area contributed by atoms with Crippen LogP contribution in [-0.2, 0) is 22.6 Å². The molecule has 2 rings (SSSR count). The quantitative estimate of drug-likeness (QED) is 0.732. The van der Waals surface area contributed by atoms with Crippen molar-refractivity contribution in [2.24, 2.45) is 0 Å². The number of anilines is 1. The maximum Gasteiger partial charge on any atom is 0.522 e. The number of nitrogens with two attached hydrogens (primary N) is 1. The van der Waals surface area contributed by atoms with Crippen LogP contribution in [0.1, 0.15) is 44.7 Å². The lowest BCUT2D eigenvalue weighted by Gasteiger charge is -2.34. The first-order valence-electron chi connectivity index (χ1n) is 9.21. The van der Waals surface area contributed by atoms with Gasteiger partial charge in [0.25, 0.3) is 0 Å². The first-order valence-corrected chi connectivity index (χ1v) is 9.21. The third kappa shape index (κ3) is 7.93. The molecule has 0 aliphatic carbocycles. The van der Waals surface area contributed by atoms with Crippen LogP contribution in [0.4, 0.5) is 23.7 Å². The van der Waals surface area contributed by atoms with Crippen molar-refractivity contribution in [2.45, 2.75) is 64.8 Å². The number of amides is 1. The number of likely N-dealkylation sites (tertiary alicyclic amines) is 1. The predicted octanol–water partition coefficient (Wildman–Crippen LogP) is 3.79. The molecule has 1 atom stereocenters. The molecule has 9 heteroatoms. The van der Waals surface area contributed by atoms with Gasteiger partial charge in [-0.3, -0.25) is 9.64 Å². The minimum absolute atomic E-state index is 0.0838. The number of benzene rings is 1. The molecule has 6 nitrogen and oxygen atoms in total. The van der Waals surface area contributed by atoms with E-state index < -0.39 is 24.7 Å². The molecule has 1 heterocycles. The lowest BCUT2D eigenvalue weighted by atomic mass is 10.0. The van der Waals surface area contributed by atoms with E-state index in [0.29, 0.717) is 29.9 Å². The molecule has 1 saturated heterocycles. The van der Waals surface area contributed by atoms with E-state index in [-0.39, 0.29) is 6.04 Å². The van der Waals surface area contributed by atoms with Gasteiger partial charge in [-0.2, -0.15) is 0 Å². The Bertz CT molecular complexity index is 675. The maximum absolute atomic E-state index is 12.4. The molecule has 0 radical (unpaired) electrons. The molecule has 1 unspecified atom stereocenters. The SMILES string of the molecule is CC(C)(C)OC(=O)NC1CCCN(Cc2cc(N)ccc2COC(F)(F)F)C1. The summed E-state index contributed by atoms with van der Waals surface area (Å²) in [4.78, 5) is 14.1. The van der Waals surface area contributed by atoms with E-state index in [9.17, 15) is 18.0 Å². The number of carbonyl (C=O) groups excluding carboxylic acids is 1. The van der Waals surface area contributed by atoms with Gasteiger partial charge in [0.1, 0.15) is 5.60 Å². The third-order valence-corrected chi connectivity index (χ3v) is 4.24. The zero-order valence-corrected chi connectivity index (χ0v) is 16.4. The van der Waals surface area contributed by atoms with E-state index in [1.165, 1.54) is 0 Å². The molecule has 1 fully saturated rings. The summed E-state index contributed by atoms with van der Waals surface area (Å²) in [6.07, 6.45) is -3.48. The number of nitrogen functional groups attached to an aromatic ring is 1. The number of carbonyl (C=O) groups is 1. The summed E-state index contributed by atoms with van der Waals surface area (Å²) in [5.74, 6) is 0. The second-order valence-corrected chi connectivity index (χ2v) is 7.98. The molecule has 1 aromatic carbocycles. The molecule has 3 N–H and O–H groups in total. The number of alkyl halides is 3. The van der Waals surface area contributed by atoms with E-state index in [1.807, 2.05) is 0 Å². The van der Waals surface area contributed by atoms with Crippen LogP contribution in [0.2, 0.25) is 0 Å². The van der Waals surface area contributed by atoms with E-state index >= 15 is 0 Å². The van der Waals surface area contributed by atoms with Gasteiger partial charge in [-0.05, 0) is 63.4 Å². The van der Waals surface area contributed by atoms with Crippen molar-refractivity contribution in [3.05, 3.63) is 29.3 Å². The zero-order chi connectivity index (χ0) is 20.9. The highest BCUT2D eigenvalue weighted by atomic mass is 19.4. The number of rotatable bonds is 5. The van der Waals surface area contributed by atoms with Gasteiger partial charge in [-0.15, -0.1) is 13.2 Å². The average Bonchev–Trinajstić information content (AvgIpc) is 2.51. The van der Waals surface area contributed by atoms with Gasteiger partial charge in [0, 0.05) is 24.8 Å². The van der Waals surface area contributed by atoms with Crippen molar-refractivity contribution < 1.29 is 27.4 Å². The van der Waals surface area contributed by atoms with Gasteiger partial charge in [0.15, 0.2) is 0 Å². The maximum atomic E-state index is 12.4. The Labute approximate surface area is 163 Å². The van der Waals surface area contributed by atoms with Crippen LogP contribution in [0.3, 0.4) is 0 Å². The summed E-state index contributed by atoms with van der Waals surface area (Å²) in [5.41, 5.74) is 6.83. The number of nitrogens with one attached hydrogen (secondary N) is 1. The molecule has 1 aliphatic rings. The molecule has 158 valence electrons.